The Balaban J connectivity index is 0. The van der Waals surface area contributed by atoms with Crippen LogP contribution in [-0.4, -0.2) is 49.3 Å². The molecule has 0 saturated carbocycles. The zero-order valence-electron chi connectivity index (χ0n) is 18.8. The predicted octanol–water partition coefficient (Wildman–Crippen LogP) is 6.14. The van der Waals surface area contributed by atoms with Crippen LogP contribution in [0, 0.1) is 0 Å². The normalized spacial score (nSPS) is 10.9. The van der Waals surface area contributed by atoms with Gasteiger partial charge in [-0.05, 0) is 13.5 Å². The molecule has 0 heterocycles. The van der Waals surface area contributed by atoms with Crippen molar-refractivity contribution in [3.05, 3.63) is 0 Å². The van der Waals surface area contributed by atoms with E-state index in [-0.39, 0.29) is 25.0 Å². The lowest BCUT2D eigenvalue weighted by Gasteiger charge is -2.14. The molecule has 0 aliphatic carbocycles. The number of hydrogen-bond acceptors (Lipinski definition) is 4. The van der Waals surface area contributed by atoms with Gasteiger partial charge in [0.25, 0.3) is 0 Å². The van der Waals surface area contributed by atoms with Gasteiger partial charge in [-0.3, -0.25) is 4.79 Å². The number of halogens is 1. The van der Waals surface area contributed by atoms with E-state index >= 15 is 0 Å². The highest BCUT2D eigenvalue weighted by Gasteiger charge is 2.04. The number of unbranched alkanes of at least 4 members (excludes halogenated alkanes) is 14. The maximum absolute atomic E-state index is 11.6. The number of nitrogens with zero attached hydrogens (tertiary/aromatic N) is 1. The van der Waals surface area contributed by atoms with Gasteiger partial charge in [-0.15, -0.1) is 12.4 Å². The molecule has 0 saturated heterocycles. The molecule has 0 bridgehead atoms. The van der Waals surface area contributed by atoms with Crippen LogP contribution in [0.5, 0.6) is 0 Å². The summed E-state index contributed by atoms with van der Waals surface area (Å²) in [5, 5.41) is 8.80. The topological polar surface area (TPSA) is 49.8 Å². The lowest BCUT2D eigenvalue weighted by atomic mass is 10.0. The molecule has 0 radical (unpaired) electrons. The maximum Gasteiger partial charge on any atom is 0.305 e. The van der Waals surface area contributed by atoms with E-state index in [1.54, 1.807) is 0 Å². The average Bonchev–Trinajstić information content (AvgIpc) is 2.65. The first-order valence-electron chi connectivity index (χ1n) is 11.7. The number of hydrogen-bond donors (Lipinski definition) is 1. The smallest absolute Gasteiger partial charge is 0.305 e. The van der Waals surface area contributed by atoms with Crippen LogP contribution < -0.4 is 0 Å². The van der Waals surface area contributed by atoms with Crippen LogP contribution in [0.3, 0.4) is 0 Å². The summed E-state index contributed by atoms with van der Waals surface area (Å²) < 4.78 is 5.22. The third-order valence-electron chi connectivity index (χ3n) is 5.20. The molecule has 0 aromatic heterocycles. The molecule has 0 aromatic carbocycles. The highest BCUT2D eigenvalue weighted by Crippen LogP contribution is 2.13. The summed E-state index contributed by atoms with van der Waals surface area (Å²) in [5.41, 5.74) is 0. The first kappa shape index (κ1) is 29.9. The molecule has 1 N–H and O–H groups in total. The maximum atomic E-state index is 11.6. The van der Waals surface area contributed by atoms with Gasteiger partial charge in [0.2, 0.25) is 0 Å². The van der Waals surface area contributed by atoms with Crippen molar-refractivity contribution in [2.75, 3.05) is 33.4 Å². The van der Waals surface area contributed by atoms with E-state index in [9.17, 15) is 4.79 Å². The molecular formula is C23H48ClNO3. The zero-order chi connectivity index (χ0) is 20.0. The first-order chi connectivity index (χ1) is 13.2. The fourth-order valence-electron chi connectivity index (χ4n) is 3.31. The lowest BCUT2D eigenvalue weighted by molar-refractivity contribution is -0.144. The third kappa shape index (κ3) is 23.7. The van der Waals surface area contributed by atoms with Gasteiger partial charge >= 0.3 is 5.97 Å². The van der Waals surface area contributed by atoms with E-state index in [0.717, 1.165) is 12.8 Å². The second-order valence-corrected chi connectivity index (χ2v) is 7.95. The zero-order valence-corrected chi connectivity index (χ0v) is 19.6. The second-order valence-electron chi connectivity index (χ2n) is 7.95. The lowest BCUT2D eigenvalue weighted by Crippen LogP contribution is -2.27. The molecule has 0 unspecified atom stereocenters. The Bertz CT molecular complexity index is 316. The number of likely N-dealkylation sites (N-methyl/N-ethyl adjacent to an activating group) is 1. The SMILES string of the molecule is CCCCCCCCCCCCCCCCCC(=O)OCCN(C)CCO.Cl. The fourth-order valence-corrected chi connectivity index (χ4v) is 3.31. The summed E-state index contributed by atoms with van der Waals surface area (Å²) in [6.07, 6.45) is 20.6. The van der Waals surface area contributed by atoms with E-state index in [1.165, 1.54) is 83.5 Å². The Labute approximate surface area is 181 Å². The minimum atomic E-state index is -0.0814. The van der Waals surface area contributed by atoms with Gasteiger partial charge in [0.05, 0.1) is 6.61 Å². The summed E-state index contributed by atoms with van der Waals surface area (Å²) in [7, 11) is 1.92. The van der Waals surface area contributed by atoms with Crippen molar-refractivity contribution in [3.63, 3.8) is 0 Å². The summed E-state index contributed by atoms with van der Waals surface area (Å²) in [6.45, 7) is 4.15. The predicted molar refractivity (Wildman–Crippen MR) is 122 cm³/mol. The molecular weight excluding hydrogens is 374 g/mol. The van der Waals surface area contributed by atoms with Crippen LogP contribution in [0.1, 0.15) is 110 Å². The molecule has 0 rings (SSSR count). The van der Waals surface area contributed by atoms with Gasteiger partial charge < -0.3 is 14.7 Å². The average molecular weight is 422 g/mol. The molecule has 0 spiro atoms. The largest absolute Gasteiger partial charge is 0.464 e. The number of aliphatic hydroxyl groups excluding tert-OH is 1. The van der Waals surface area contributed by atoms with Crippen molar-refractivity contribution < 1.29 is 14.6 Å². The number of aliphatic hydroxyl groups is 1. The van der Waals surface area contributed by atoms with E-state index in [0.29, 0.717) is 26.1 Å². The Hall–Kier alpha value is -0.320. The van der Waals surface area contributed by atoms with Gasteiger partial charge in [0, 0.05) is 19.5 Å². The van der Waals surface area contributed by atoms with E-state index in [2.05, 4.69) is 6.92 Å². The summed E-state index contributed by atoms with van der Waals surface area (Å²) in [6, 6.07) is 0. The molecule has 170 valence electrons. The molecule has 0 aliphatic rings. The summed E-state index contributed by atoms with van der Waals surface area (Å²) in [5.74, 6) is -0.0814. The Morgan fingerprint density at radius 1 is 0.750 bits per heavy atom. The molecule has 0 amide bonds. The fraction of sp³-hybridized carbons (Fsp3) is 0.957. The third-order valence-corrected chi connectivity index (χ3v) is 5.20. The second kappa shape index (κ2) is 24.7. The Morgan fingerprint density at radius 2 is 1.18 bits per heavy atom. The van der Waals surface area contributed by atoms with Crippen LogP contribution in [0.25, 0.3) is 0 Å². The monoisotopic (exact) mass is 421 g/mol. The Kier molecular flexibility index (Phi) is 26.4. The van der Waals surface area contributed by atoms with Crippen molar-refractivity contribution in [3.8, 4) is 0 Å². The number of esters is 1. The molecule has 0 aromatic rings. The van der Waals surface area contributed by atoms with Gasteiger partial charge in [-0.25, -0.2) is 0 Å². The number of carbonyl (C=O) groups excluding carboxylic acids is 1. The van der Waals surface area contributed by atoms with Crippen LogP contribution in [0.15, 0.2) is 0 Å². The van der Waals surface area contributed by atoms with Crippen molar-refractivity contribution in [1.82, 2.24) is 4.90 Å². The number of ether oxygens (including phenoxy) is 1. The van der Waals surface area contributed by atoms with Gasteiger partial charge in [0.15, 0.2) is 0 Å². The minimum absolute atomic E-state index is 0. The van der Waals surface area contributed by atoms with E-state index < -0.39 is 0 Å². The molecule has 5 heteroatoms. The first-order valence-corrected chi connectivity index (χ1v) is 11.7. The quantitative estimate of drug-likeness (QED) is 0.179. The van der Waals surface area contributed by atoms with Crippen LogP contribution in [0.4, 0.5) is 0 Å². The molecule has 0 aliphatic heterocycles. The van der Waals surface area contributed by atoms with E-state index in [4.69, 9.17) is 9.84 Å². The Morgan fingerprint density at radius 3 is 1.61 bits per heavy atom. The summed E-state index contributed by atoms with van der Waals surface area (Å²) >= 11 is 0. The van der Waals surface area contributed by atoms with Crippen molar-refractivity contribution in [2.24, 2.45) is 0 Å². The summed E-state index contributed by atoms with van der Waals surface area (Å²) in [4.78, 5) is 13.6. The molecule has 28 heavy (non-hydrogen) atoms. The molecule has 0 fully saturated rings. The van der Waals surface area contributed by atoms with Gasteiger partial charge in [-0.1, -0.05) is 96.8 Å². The van der Waals surface area contributed by atoms with Crippen molar-refractivity contribution in [1.29, 1.82) is 0 Å². The van der Waals surface area contributed by atoms with Crippen molar-refractivity contribution in [2.45, 2.75) is 110 Å². The van der Waals surface area contributed by atoms with Crippen LogP contribution >= 0.6 is 12.4 Å². The van der Waals surface area contributed by atoms with E-state index in [1.807, 2.05) is 11.9 Å². The van der Waals surface area contributed by atoms with Gasteiger partial charge in [0.1, 0.15) is 6.61 Å². The minimum Gasteiger partial charge on any atom is -0.464 e. The standard InChI is InChI=1S/C23H47NO3.ClH/c1-3-4-5-6-7-8-9-10-11-12-13-14-15-16-17-18-23(26)27-22-20-24(2)19-21-25;/h25H,3-22H2,1-2H3;1H. The molecule has 4 nitrogen and oxygen atoms in total. The number of carbonyl (C=O) groups is 1. The highest BCUT2D eigenvalue weighted by atomic mass is 35.5. The number of rotatable bonds is 21. The molecule has 0 atom stereocenters. The van der Waals surface area contributed by atoms with Crippen LogP contribution in [-0.2, 0) is 9.53 Å². The van der Waals surface area contributed by atoms with Gasteiger partial charge in [-0.2, -0.15) is 0 Å². The highest BCUT2D eigenvalue weighted by molar-refractivity contribution is 5.85. The van der Waals surface area contributed by atoms with Crippen molar-refractivity contribution >= 4 is 18.4 Å². The van der Waals surface area contributed by atoms with Crippen LogP contribution in [0.2, 0.25) is 0 Å².